The average Bonchev–Trinajstić information content (AvgIpc) is 2.99. The maximum atomic E-state index is 11.6. The van der Waals surface area contributed by atoms with E-state index in [4.69, 9.17) is 16.2 Å². The Morgan fingerprint density at radius 3 is 2.70 bits per heavy atom. The van der Waals surface area contributed by atoms with Crippen LogP contribution in [0.5, 0.6) is 0 Å². The molecular weight excluding hydrogens is 374 g/mol. The minimum absolute atomic E-state index is 0.0370. The van der Waals surface area contributed by atoms with E-state index >= 15 is 0 Å². The van der Waals surface area contributed by atoms with E-state index in [-0.39, 0.29) is 27.4 Å². The fourth-order valence-corrected chi connectivity index (χ4v) is 3.18. The first-order chi connectivity index (χ1) is 10.9. The highest BCUT2D eigenvalue weighted by Gasteiger charge is 2.44. The summed E-state index contributed by atoms with van der Waals surface area (Å²) in [5, 5.41) is 29.2. The smallest absolute Gasteiger partial charge is 0.252 e. The Morgan fingerprint density at radius 2 is 2.13 bits per heavy atom. The van der Waals surface area contributed by atoms with Crippen LogP contribution in [0.25, 0.3) is 11.4 Å². The van der Waals surface area contributed by atoms with Crippen LogP contribution in [-0.4, -0.2) is 60.7 Å². The number of hydrogen-bond donors (Lipinski definition) is 5. The summed E-state index contributed by atoms with van der Waals surface area (Å²) < 4.78 is 6.95. The number of aromatic nitrogens is 3. The van der Waals surface area contributed by atoms with Crippen LogP contribution in [0.4, 0.5) is 5.82 Å². The number of hydrogen-bond acceptors (Lipinski definition) is 8. The third-order valence-corrected chi connectivity index (χ3v) is 4.32. The highest BCUT2D eigenvalue weighted by Crippen LogP contribution is 2.39. The van der Waals surface area contributed by atoms with E-state index in [1.54, 1.807) is 0 Å². The van der Waals surface area contributed by atoms with E-state index in [0.29, 0.717) is 0 Å². The predicted molar refractivity (Wildman–Crippen MR) is 80.3 cm³/mol. The Balaban J connectivity index is 2.13. The van der Waals surface area contributed by atoms with Crippen molar-refractivity contribution in [3.8, 4) is 11.4 Å². The molecule has 0 aromatic heterocycles. The molecule has 0 saturated carbocycles. The number of anilines is 1. The lowest BCUT2D eigenvalue weighted by Crippen LogP contribution is -2.33. The van der Waals surface area contributed by atoms with Gasteiger partial charge in [0.25, 0.3) is 5.91 Å². The molecule has 0 spiro atoms. The quantitative estimate of drug-likeness (QED) is 0.420. The van der Waals surface area contributed by atoms with Gasteiger partial charge in [-0.1, -0.05) is 0 Å². The number of ether oxygens (including phenoxy) is 1. The van der Waals surface area contributed by atoms with Gasteiger partial charge in [0, 0.05) is 0 Å². The minimum Gasteiger partial charge on any atom is -0.394 e. The molecule has 0 aromatic carbocycles. The van der Waals surface area contributed by atoms with Crippen molar-refractivity contribution in [1.29, 1.82) is 0 Å². The average molecular weight is 388 g/mol. The van der Waals surface area contributed by atoms with Crippen LogP contribution < -0.4 is 11.5 Å². The van der Waals surface area contributed by atoms with Crippen molar-refractivity contribution in [2.24, 2.45) is 5.73 Å². The van der Waals surface area contributed by atoms with Crippen LogP contribution >= 0.6 is 15.9 Å². The Bertz CT molecular complexity index is 737. The number of fused-ring (bicyclic) bond motifs is 1. The molecule has 1 amide bonds. The van der Waals surface area contributed by atoms with Crippen molar-refractivity contribution < 1.29 is 24.9 Å². The second-order valence-electron chi connectivity index (χ2n) is 5.11. The number of amides is 1. The molecule has 3 aliphatic heterocycles. The fraction of sp³-hybridized carbons (Fsp3) is 0.417. The molecule has 1 saturated heterocycles. The zero-order valence-electron chi connectivity index (χ0n) is 11.6. The highest BCUT2D eigenvalue weighted by atomic mass is 79.9. The van der Waals surface area contributed by atoms with Crippen molar-refractivity contribution >= 4 is 27.7 Å². The summed E-state index contributed by atoms with van der Waals surface area (Å²) in [6.45, 7) is -0.467. The predicted octanol–water partition coefficient (Wildman–Crippen LogP) is -1.56. The molecule has 3 aliphatic rings. The molecule has 0 aromatic rings. The van der Waals surface area contributed by atoms with E-state index in [9.17, 15) is 20.1 Å². The Labute approximate surface area is 138 Å². The summed E-state index contributed by atoms with van der Waals surface area (Å²) in [6.07, 6.45) is -3.34. The van der Waals surface area contributed by atoms with E-state index < -0.39 is 37.1 Å². The second-order valence-corrected chi connectivity index (χ2v) is 5.86. The van der Waals surface area contributed by atoms with Crippen LogP contribution in [-0.2, 0) is 4.74 Å². The fourth-order valence-electron chi connectivity index (χ4n) is 2.61. The normalized spacial score (nSPS) is 27.7. The van der Waals surface area contributed by atoms with Crippen LogP contribution in [0.2, 0.25) is 0 Å². The highest BCUT2D eigenvalue weighted by molar-refractivity contribution is 9.10. The topological polar surface area (TPSA) is 170 Å². The number of rotatable bonds is 3. The van der Waals surface area contributed by atoms with Crippen LogP contribution in [0, 0.1) is 0 Å². The lowest BCUT2D eigenvalue weighted by Gasteiger charge is -2.21. The van der Waals surface area contributed by atoms with Crippen molar-refractivity contribution in [3.05, 3.63) is 16.5 Å². The maximum Gasteiger partial charge on any atom is 0.252 e. The van der Waals surface area contributed by atoms with Crippen LogP contribution in [0.1, 0.15) is 16.6 Å². The molecule has 23 heavy (non-hydrogen) atoms. The summed E-state index contributed by atoms with van der Waals surface area (Å²) >= 11 is 3.14. The van der Waals surface area contributed by atoms with Crippen LogP contribution in [0.3, 0.4) is 0 Å². The molecule has 11 heteroatoms. The zero-order valence-corrected chi connectivity index (χ0v) is 13.2. The van der Waals surface area contributed by atoms with Gasteiger partial charge in [-0.3, -0.25) is 9.36 Å². The van der Waals surface area contributed by atoms with E-state index in [1.165, 1.54) is 10.9 Å². The monoisotopic (exact) mass is 387 g/mol. The molecular formula is C12H14BrN5O5. The molecule has 0 radical (unpaired) electrons. The third kappa shape index (κ3) is 2.37. The summed E-state index contributed by atoms with van der Waals surface area (Å²) in [5.41, 5.74) is 11.4. The molecule has 1 fully saturated rings. The molecule has 7 N–H and O–H groups in total. The molecule has 124 valence electrons. The summed E-state index contributed by atoms with van der Waals surface area (Å²) in [6, 6.07) is 0. The molecule has 3 rings (SSSR count). The number of nitrogen functional groups attached to an aromatic ring is 1. The molecule has 0 aliphatic carbocycles. The number of primary amides is 1. The van der Waals surface area contributed by atoms with E-state index in [1.807, 2.05) is 0 Å². The first kappa shape index (κ1) is 16.1. The number of carbonyl (C=O) groups excluding carboxylic acids is 1. The standard InChI is InChI=1S/C12H14BrN5O5/c13-8-4(10(15)22)5-9(14)16-2-18(11(5)17-8)12-7(21)6(20)3(1-19)23-12/h2-3,6-7,12,19-21H,1,14H2,(H2,15,22)/t3-,6+,7-,12-/m0/s1. The second kappa shape index (κ2) is 5.69. The maximum absolute atomic E-state index is 11.6. The Morgan fingerprint density at radius 1 is 1.43 bits per heavy atom. The summed E-state index contributed by atoms with van der Waals surface area (Å²) in [7, 11) is 0. The minimum atomic E-state index is -1.32. The van der Waals surface area contributed by atoms with Crippen molar-refractivity contribution in [1.82, 2.24) is 14.5 Å². The Kier molecular flexibility index (Phi) is 3.98. The van der Waals surface area contributed by atoms with E-state index in [2.05, 4.69) is 25.9 Å². The molecule has 3 heterocycles. The van der Waals surface area contributed by atoms with Gasteiger partial charge in [0.05, 0.1) is 17.7 Å². The number of aliphatic hydroxyl groups excluding tert-OH is 3. The largest absolute Gasteiger partial charge is 0.394 e. The van der Waals surface area contributed by atoms with Gasteiger partial charge in [-0.15, -0.1) is 0 Å². The van der Waals surface area contributed by atoms with Gasteiger partial charge in [-0.2, -0.15) is 0 Å². The van der Waals surface area contributed by atoms with Crippen LogP contribution in [0.15, 0.2) is 10.9 Å². The van der Waals surface area contributed by atoms with Gasteiger partial charge < -0.3 is 31.5 Å². The van der Waals surface area contributed by atoms with Gasteiger partial charge >= 0.3 is 0 Å². The number of nitrogens with two attached hydrogens (primary N) is 2. The SMILES string of the molecule is NC(=O)c1c(Br)nc2n([C@H]3O[C@@H](CO)[C@@H](O)[C@@H]3O)cnc(N)c1-2. The molecule has 0 unspecified atom stereocenters. The van der Waals surface area contributed by atoms with Gasteiger partial charge in [-0.05, 0) is 15.9 Å². The van der Waals surface area contributed by atoms with Crippen molar-refractivity contribution in [2.75, 3.05) is 12.3 Å². The summed E-state index contributed by atoms with van der Waals surface area (Å²) in [5.74, 6) is -0.505. The number of carbonyl (C=O) groups is 1. The van der Waals surface area contributed by atoms with E-state index in [0.717, 1.165) is 0 Å². The van der Waals surface area contributed by atoms with Gasteiger partial charge in [-0.25, -0.2) is 9.97 Å². The van der Waals surface area contributed by atoms with Gasteiger partial charge in [0.15, 0.2) is 6.23 Å². The summed E-state index contributed by atoms with van der Waals surface area (Å²) in [4.78, 5) is 19.7. The first-order valence-electron chi connectivity index (χ1n) is 6.60. The van der Waals surface area contributed by atoms with Gasteiger partial charge in [0.2, 0.25) is 0 Å². The molecule has 10 nitrogen and oxygen atoms in total. The number of aliphatic hydroxyl groups is 3. The first-order valence-corrected chi connectivity index (χ1v) is 7.39. The molecule has 4 atom stereocenters. The van der Waals surface area contributed by atoms with Gasteiger partial charge in [0.1, 0.15) is 40.9 Å². The zero-order chi connectivity index (χ0) is 16.9. The number of nitrogens with zero attached hydrogens (tertiary/aromatic N) is 3. The van der Waals surface area contributed by atoms with Crippen molar-refractivity contribution in [2.45, 2.75) is 24.5 Å². The lowest BCUT2D eigenvalue weighted by molar-refractivity contribution is -0.0529. The van der Waals surface area contributed by atoms with Crippen molar-refractivity contribution in [3.63, 3.8) is 0 Å². The third-order valence-electron chi connectivity index (χ3n) is 3.74. The Hall–Kier alpha value is -1.79. The number of halogens is 1. The molecule has 0 bridgehead atoms. The lowest BCUT2D eigenvalue weighted by atomic mass is 10.1.